The lowest BCUT2D eigenvalue weighted by atomic mass is 10.0. The molecule has 2 unspecified atom stereocenters. The molecule has 2 aromatic carbocycles. The van der Waals surface area contributed by atoms with Crippen molar-refractivity contribution in [2.45, 2.75) is 38.4 Å². The van der Waals surface area contributed by atoms with Gasteiger partial charge in [-0.2, -0.15) is 0 Å². The molecule has 0 saturated carbocycles. The Morgan fingerprint density at radius 3 is 2.42 bits per heavy atom. The molecule has 1 fully saturated rings. The first kappa shape index (κ1) is 25.5. The topological polar surface area (TPSA) is 86.2 Å². The minimum Gasteiger partial charge on any atom is -0.365 e. The van der Waals surface area contributed by atoms with Gasteiger partial charge in [0.1, 0.15) is 17.3 Å². The van der Waals surface area contributed by atoms with E-state index in [9.17, 15) is 18.4 Å². The largest absolute Gasteiger partial charge is 0.365 e. The van der Waals surface area contributed by atoms with Crippen LogP contribution in [0.4, 0.5) is 14.5 Å². The van der Waals surface area contributed by atoms with Gasteiger partial charge in [-0.1, -0.05) is 42.5 Å². The second kappa shape index (κ2) is 10.7. The van der Waals surface area contributed by atoms with Gasteiger partial charge in [0.05, 0.1) is 13.1 Å². The number of rotatable bonds is 7. The minimum absolute atomic E-state index is 0.0748. The zero-order chi connectivity index (χ0) is 26.8. The van der Waals surface area contributed by atoms with E-state index in [1.807, 2.05) is 53.6 Å². The number of nitrogens with zero attached hydrogens (tertiary/aromatic N) is 4. The highest BCUT2D eigenvalue weighted by atomic mass is 19.1. The fourth-order valence-electron chi connectivity index (χ4n) is 5.19. The third-order valence-corrected chi connectivity index (χ3v) is 7.30. The number of benzene rings is 2. The lowest BCUT2D eigenvalue weighted by molar-refractivity contribution is 0.491. The van der Waals surface area contributed by atoms with Crippen molar-refractivity contribution in [3.63, 3.8) is 0 Å². The average Bonchev–Trinajstić information content (AvgIpc) is 3.41. The number of hydrogen-bond donors (Lipinski definition) is 1. The van der Waals surface area contributed by atoms with Crippen molar-refractivity contribution >= 4 is 5.69 Å². The van der Waals surface area contributed by atoms with Crippen molar-refractivity contribution in [3.8, 4) is 0 Å². The van der Waals surface area contributed by atoms with Crippen LogP contribution in [0.3, 0.4) is 0 Å². The van der Waals surface area contributed by atoms with E-state index < -0.39 is 28.9 Å². The SMILES string of the molecule is Cc1c(N2CCC(c3cccnc3)C2)c(=O)n(CC(N)c2ccccc2)c(=O)n1Cc1c(F)cccc1F. The lowest BCUT2D eigenvalue weighted by Gasteiger charge is -2.25. The monoisotopic (exact) mass is 517 g/mol. The summed E-state index contributed by atoms with van der Waals surface area (Å²) in [6, 6.07) is 16.0. The van der Waals surface area contributed by atoms with Crippen LogP contribution < -0.4 is 21.9 Å². The van der Waals surface area contributed by atoms with Crippen LogP contribution >= 0.6 is 0 Å². The van der Waals surface area contributed by atoms with Gasteiger partial charge in [-0.3, -0.25) is 18.9 Å². The Bertz CT molecular complexity index is 1530. The molecule has 2 N–H and O–H groups in total. The zero-order valence-electron chi connectivity index (χ0n) is 21.1. The summed E-state index contributed by atoms with van der Waals surface area (Å²) >= 11 is 0. The summed E-state index contributed by atoms with van der Waals surface area (Å²) in [6.07, 6.45) is 4.34. The highest BCUT2D eigenvalue weighted by molar-refractivity contribution is 5.51. The van der Waals surface area contributed by atoms with Crippen LogP contribution in [0.2, 0.25) is 0 Å². The van der Waals surface area contributed by atoms with E-state index in [-0.39, 0.29) is 24.6 Å². The van der Waals surface area contributed by atoms with E-state index in [1.54, 1.807) is 13.1 Å². The summed E-state index contributed by atoms with van der Waals surface area (Å²) in [7, 11) is 0. The maximum Gasteiger partial charge on any atom is 0.331 e. The lowest BCUT2D eigenvalue weighted by Crippen LogP contribution is -2.46. The molecule has 0 aliphatic carbocycles. The zero-order valence-corrected chi connectivity index (χ0v) is 21.1. The molecule has 5 rings (SSSR count). The molecule has 1 aliphatic heterocycles. The Balaban J connectivity index is 1.60. The minimum atomic E-state index is -0.755. The van der Waals surface area contributed by atoms with Crippen LogP contribution in [-0.2, 0) is 13.1 Å². The first-order valence-electron chi connectivity index (χ1n) is 12.6. The summed E-state index contributed by atoms with van der Waals surface area (Å²) < 4.78 is 31.5. The molecule has 0 bridgehead atoms. The molecule has 7 nitrogen and oxygen atoms in total. The second-order valence-corrected chi connectivity index (χ2v) is 9.65. The summed E-state index contributed by atoms with van der Waals surface area (Å²) in [5.41, 5.74) is 7.59. The van der Waals surface area contributed by atoms with Gasteiger partial charge in [-0.05, 0) is 42.7 Å². The van der Waals surface area contributed by atoms with Crippen molar-refractivity contribution in [1.29, 1.82) is 0 Å². The molecule has 1 aliphatic rings. The maximum atomic E-state index is 14.6. The molecule has 38 heavy (non-hydrogen) atoms. The molecule has 0 amide bonds. The average molecular weight is 518 g/mol. The van der Waals surface area contributed by atoms with Crippen LogP contribution in [-0.4, -0.2) is 27.2 Å². The molecule has 3 heterocycles. The number of aromatic nitrogens is 3. The van der Waals surface area contributed by atoms with Crippen LogP contribution in [0.25, 0.3) is 0 Å². The van der Waals surface area contributed by atoms with E-state index in [2.05, 4.69) is 4.98 Å². The standard InChI is InChI=1S/C29H29F2N5O2/c1-19-27(34-14-12-22(16-34)21-9-6-13-33-15-21)28(37)36(18-26(32)20-7-3-2-4-8-20)29(38)35(19)17-23-24(30)10-5-11-25(23)31/h2-11,13,15,22,26H,12,14,16-18,32H2,1H3. The predicted octanol–water partition coefficient (Wildman–Crippen LogP) is 3.73. The number of anilines is 1. The molecule has 196 valence electrons. The first-order chi connectivity index (χ1) is 18.3. The molecule has 0 spiro atoms. The Morgan fingerprint density at radius 1 is 1.00 bits per heavy atom. The summed E-state index contributed by atoms with van der Waals surface area (Å²) in [5.74, 6) is -1.35. The van der Waals surface area contributed by atoms with Crippen LogP contribution in [0, 0.1) is 18.6 Å². The van der Waals surface area contributed by atoms with E-state index >= 15 is 0 Å². The van der Waals surface area contributed by atoms with Gasteiger partial charge in [0.25, 0.3) is 5.56 Å². The Labute approximate surface area is 218 Å². The summed E-state index contributed by atoms with van der Waals surface area (Å²) in [6.45, 7) is 2.37. The van der Waals surface area contributed by atoms with Gasteiger partial charge < -0.3 is 10.6 Å². The summed E-state index contributed by atoms with van der Waals surface area (Å²) in [5, 5.41) is 0. The van der Waals surface area contributed by atoms with E-state index in [0.29, 0.717) is 24.5 Å². The molecular weight excluding hydrogens is 488 g/mol. The highest BCUT2D eigenvalue weighted by Gasteiger charge is 2.30. The molecule has 4 aromatic rings. The predicted molar refractivity (Wildman–Crippen MR) is 142 cm³/mol. The van der Waals surface area contributed by atoms with Crippen molar-refractivity contribution in [2.24, 2.45) is 5.73 Å². The first-order valence-corrected chi connectivity index (χ1v) is 12.6. The smallest absolute Gasteiger partial charge is 0.331 e. The van der Waals surface area contributed by atoms with Crippen molar-refractivity contribution < 1.29 is 8.78 Å². The number of hydrogen-bond acceptors (Lipinski definition) is 5. The summed E-state index contributed by atoms with van der Waals surface area (Å²) in [4.78, 5) is 33.7. The normalized spacial score (nSPS) is 16.1. The van der Waals surface area contributed by atoms with Crippen molar-refractivity contribution in [2.75, 3.05) is 18.0 Å². The van der Waals surface area contributed by atoms with E-state index in [0.717, 1.165) is 34.2 Å². The van der Waals surface area contributed by atoms with Crippen molar-refractivity contribution in [1.82, 2.24) is 14.1 Å². The van der Waals surface area contributed by atoms with Gasteiger partial charge in [0, 0.05) is 48.7 Å². The van der Waals surface area contributed by atoms with Gasteiger partial charge >= 0.3 is 5.69 Å². The van der Waals surface area contributed by atoms with Crippen LogP contribution in [0.1, 0.15) is 40.8 Å². The third kappa shape index (κ3) is 4.89. The maximum absolute atomic E-state index is 14.6. The van der Waals surface area contributed by atoms with Gasteiger partial charge in [-0.15, -0.1) is 0 Å². The molecule has 2 aromatic heterocycles. The quantitative estimate of drug-likeness (QED) is 0.404. The van der Waals surface area contributed by atoms with Gasteiger partial charge in [-0.25, -0.2) is 13.6 Å². The number of halogens is 2. The second-order valence-electron chi connectivity index (χ2n) is 9.65. The molecule has 1 saturated heterocycles. The van der Waals surface area contributed by atoms with Crippen LogP contribution in [0.15, 0.2) is 82.6 Å². The number of pyridine rings is 1. The molecule has 0 radical (unpaired) electrons. The Morgan fingerprint density at radius 2 is 1.74 bits per heavy atom. The van der Waals surface area contributed by atoms with Crippen LogP contribution in [0.5, 0.6) is 0 Å². The van der Waals surface area contributed by atoms with Crippen molar-refractivity contribution in [3.05, 3.63) is 128 Å². The fourth-order valence-corrected chi connectivity index (χ4v) is 5.19. The third-order valence-electron chi connectivity index (χ3n) is 7.30. The van der Waals surface area contributed by atoms with E-state index in [4.69, 9.17) is 5.73 Å². The molecule has 2 atom stereocenters. The Kier molecular flexibility index (Phi) is 7.20. The fraction of sp³-hybridized carbons (Fsp3) is 0.276. The van der Waals surface area contributed by atoms with Gasteiger partial charge in [0.2, 0.25) is 0 Å². The molecular formula is C29H29F2N5O2. The Hall–Kier alpha value is -4.11. The van der Waals surface area contributed by atoms with E-state index in [1.165, 1.54) is 10.6 Å². The van der Waals surface area contributed by atoms with Gasteiger partial charge in [0.15, 0.2) is 0 Å². The molecule has 9 heteroatoms. The number of nitrogens with two attached hydrogens (primary N) is 1. The highest BCUT2D eigenvalue weighted by Crippen LogP contribution is 2.30.